The van der Waals surface area contributed by atoms with Gasteiger partial charge < -0.3 is 4.74 Å². The molecule has 0 bridgehead atoms. The lowest BCUT2D eigenvalue weighted by atomic mass is 10.1. The van der Waals surface area contributed by atoms with Crippen molar-refractivity contribution in [1.29, 1.82) is 0 Å². The maximum atomic E-state index is 12.6. The van der Waals surface area contributed by atoms with Crippen LogP contribution in [0.2, 0.25) is 0 Å². The number of esters is 1. The van der Waals surface area contributed by atoms with Crippen molar-refractivity contribution in [3.63, 3.8) is 0 Å². The highest BCUT2D eigenvalue weighted by Gasteiger charge is 2.26. The Morgan fingerprint density at radius 1 is 1.07 bits per heavy atom. The van der Waals surface area contributed by atoms with Gasteiger partial charge in [-0.15, -0.1) is 11.3 Å². The molecule has 1 aliphatic heterocycles. The molecule has 144 valence electrons. The van der Waals surface area contributed by atoms with Gasteiger partial charge in [-0.05, 0) is 61.0 Å². The fourth-order valence-electron chi connectivity index (χ4n) is 2.93. The van der Waals surface area contributed by atoms with E-state index in [0.717, 1.165) is 24.8 Å². The van der Waals surface area contributed by atoms with Gasteiger partial charge in [0.15, 0.2) is 12.4 Å². The standard InChI is InChI=1S/C19H21NO5S2/c1-14-9-12-26-18(14)19(22)25-13-17(21)15-5-7-16(8-6-15)27(23,24)20-10-3-2-4-11-20/h5-9,12H,2-4,10-11,13H2,1H3. The predicted octanol–water partition coefficient (Wildman–Crippen LogP) is 3.27. The van der Waals surface area contributed by atoms with Crippen LogP contribution in [0.1, 0.15) is 44.9 Å². The van der Waals surface area contributed by atoms with Crippen molar-refractivity contribution in [2.45, 2.75) is 31.1 Å². The van der Waals surface area contributed by atoms with E-state index in [-0.39, 0.29) is 17.3 Å². The largest absolute Gasteiger partial charge is 0.453 e. The van der Waals surface area contributed by atoms with Crippen LogP contribution in [-0.4, -0.2) is 44.2 Å². The number of nitrogens with zero attached hydrogens (tertiary/aromatic N) is 1. The molecule has 0 atom stereocenters. The summed E-state index contributed by atoms with van der Waals surface area (Å²) in [5.74, 6) is -0.903. The number of hydrogen-bond donors (Lipinski definition) is 0. The third kappa shape index (κ3) is 4.45. The van der Waals surface area contributed by atoms with E-state index in [1.807, 2.05) is 6.07 Å². The third-order valence-electron chi connectivity index (χ3n) is 4.51. The summed E-state index contributed by atoms with van der Waals surface area (Å²) < 4.78 is 31.8. The number of aryl methyl sites for hydroxylation is 1. The first-order valence-corrected chi connectivity index (χ1v) is 11.1. The van der Waals surface area contributed by atoms with E-state index in [2.05, 4.69) is 0 Å². The molecule has 0 saturated carbocycles. The van der Waals surface area contributed by atoms with Crippen molar-refractivity contribution in [2.24, 2.45) is 0 Å². The SMILES string of the molecule is Cc1ccsc1C(=O)OCC(=O)c1ccc(S(=O)(=O)N2CCCCC2)cc1. The molecule has 0 amide bonds. The van der Waals surface area contributed by atoms with Crippen LogP contribution in [0, 0.1) is 6.92 Å². The maximum Gasteiger partial charge on any atom is 0.349 e. The first-order valence-electron chi connectivity index (χ1n) is 8.74. The second-order valence-electron chi connectivity index (χ2n) is 6.42. The van der Waals surface area contributed by atoms with E-state index >= 15 is 0 Å². The zero-order valence-electron chi connectivity index (χ0n) is 15.0. The van der Waals surface area contributed by atoms with Gasteiger partial charge >= 0.3 is 5.97 Å². The topological polar surface area (TPSA) is 80.8 Å². The van der Waals surface area contributed by atoms with Crippen molar-refractivity contribution < 1.29 is 22.7 Å². The molecule has 1 fully saturated rings. The van der Waals surface area contributed by atoms with Gasteiger partial charge in [-0.1, -0.05) is 6.42 Å². The van der Waals surface area contributed by atoms with Gasteiger partial charge in [0.25, 0.3) is 0 Å². The van der Waals surface area contributed by atoms with Gasteiger partial charge in [-0.25, -0.2) is 13.2 Å². The Hall–Kier alpha value is -2.03. The molecule has 0 spiro atoms. The van der Waals surface area contributed by atoms with E-state index in [4.69, 9.17) is 4.74 Å². The molecule has 1 aliphatic rings. The molecule has 0 radical (unpaired) electrons. The molecule has 0 aliphatic carbocycles. The lowest BCUT2D eigenvalue weighted by molar-refractivity contribution is 0.0479. The lowest BCUT2D eigenvalue weighted by Gasteiger charge is -2.25. The molecular weight excluding hydrogens is 386 g/mol. The maximum absolute atomic E-state index is 12.6. The number of carbonyl (C=O) groups is 2. The van der Waals surface area contributed by atoms with Crippen molar-refractivity contribution in [2.75, 3.05) is 19.7 Å². The average Bonchev–Trinajstić information content (AvgIpc) is 3.12. The Bertz CT molecular complexity index is 925. The summed E-state index contributed by atoms with van der Waals surface area (Å²) in [6, 6.07) is 7.60. The Morgan fingerprint density at radius 3 is 2.33 bits per heavy atom. The highest BCUT2D eigenvalue weighted by Crippen LogP contribution is 2.21. The monoisotopic (exact) mass is 407 g/mol. The molecule has 0 unspecified atom stereocenters. The van der Waals surface area contributed by atoms with Gasteiger partial charge in [-0.3, -0.25) is 4.79 Å². The Morgan fingerprint density at radius 2 is 1.74 bits per heavy atom. The van der Waals surface area contributed by atoms with E-state index < -0.39 is 16.0 Å². The van der Waals surface area contributed by atoms with Gasteiger partial charge in [0, 0.05) is 18.7 Å². The summed E-state index contributed by atoms with van der Waals surface area (Å²) in [6.45, 7) is 2.48. The summed E-state index contributed by atoms with van der Waals surface area (Å²) in [5, 5.41) is 1.79. The summed E-state index contributed by atoms with van der Waals surface area (Å²) >= 11 is 1.27. The van der Waals surface area contributed by atoms with Gasteiger partial charge in [-0.2, -0.15) is 4.31 Å². The van der Waals surface area contributed by atoms with Crippen molar-refractivity contribution in [1.82, 2.24) is 4.31 Å². The fraction of sp³-hybridized carbons (Fsp3) is 0.368. The number of hydrogen-bond acceptors (Lipinski definition) is 6. The van der Waals surface area contributed by atoms with Crippen LogP contribution in [0.25, 0.3) is 0 Å². The van der Waals surface area contributed by atoms with Gasteiger partial charge in [0.05, 0.1) is 4.90 Å². The second-order valence-corrected chi connectivity index (χ2v) is 9.28. The Balaban J connectivity index is 1.63. The second kappa shape index (κ2) is 8.33. The Labute approximate surface area is 162 Å². The molecule has 6 nitrogen and oxygen atoms in total. The van der Waals surface area contributed by atoms with E-state index in [0.29, 0.717) is 23.5 Å². The minimum absolute atomic E-state index is 0.173. The van der Waals surface area contributed by atoms with E-state index in [9.17, 15) is 18.0 Å². The molecule has 3 rings (SSSR count). The molecule has 0 N–H and O–H groups in total. The molecular formula is C19H21NO5S2. The highest BCUT2D eigenvalue weighted by atomic mass is 32.2. The summed E-state index contributed by atoms with van der Waals surface area (Å²) in [7, 11) is -3.53. The number of carbonyl (C=O) groups excluding carboxylic acids is 2. The quantitative estimate of drug-likeness (QED) is 0.542. The van der Waals surface area contributed by atoms with Gasteiger partial charge in [0.1, 0.15) is 4.88 Å². The number of ether oxygens (including phenoxy) is 1. The summed E-state index contributed by atoms with van der Waals surface area (Å²) in [6.07, 6.45) is 2.78. The molecule has 1 aromatic heterocycles. The molecule has 2 aromatic rings. The van der Waals surface area contributed by atoms with Crippen LogP contribution in [0.15, 0.2) is 40.6 Å². The molecule has 2 heterocycles. The number of piperidine rings is 1. The first-order chi connectivity index (χ1) is 12.9. The number of thiophene rings is 1. The van der Waals surface area contributed by atoms with Crippen LogP contribution >= 0.6 is 11.3 Å². The zero-order valence-corrected chi connectivity index (χ0v) is 16.6. The minimum atomic E-state index is -3.53. The molecule has 8 heteroatoms. The predicted molar refractivity (Wildman–Crippen MR) is 103 cm³/mol. The average molecular weight is 408 g/mol. The summed E-state index contributed by atoms with van der Waals surface area (Å²) in [5.41, 5.74) is 1.12. The van der Waals surface area contributed by atoms with Gasteiger partial charge in [0.2, 0.25) is 10.0 Å². The van der Waals surface area contributed by atoms with Crippen molar-refractivity contribution in [3.8, 4) is 0 Å². The lowest BCUT2D eigenvalue weighted by Crippen LogP contribution is -2.35. The first kappa shape index (κ1) is 19.7. The number of rotatable bonds is 6. The zero-order chi connectivity index (χ0) is 19.4. The third-order valence-corrected chi connectivity index (χ3v) is 7.42. The molecule has 1 aromatic carbocycles. The normalized spacial score (nSPS) is 15.4. The van der Waals surface area contributed by atoms with Crippen molar-refractivity contribution in [3.05, 3.63) is 51.7 Å². The molecule has 27 heavy (non-hydrogen) atoms. The smallest absolute Gasteiger partial charge is 0.349 e. The minimum Gasteiger partial charge on any atom is -0.453 e. The van der Waals surface area contributed by atoms with Crippen LogP contribution in [0.3, 0.4) is 0 Å². The highest BCUT2D eigenvalue weighted by molar-refractivity contribution is 7.89. The van der Waals surface area contributed by atoms with Crippen molar-refractivity contribution >= 4 is 33.1 Å². The van der Waals surface area contributed by atoms with E-state index in [1.165, 1.54) is 39.9 Å². The number of benzene rings is 1. The van der Waals surface area contributed by atoms with Crippen LogP contribution in [0.5, 0.6) is 0 Å². The van der Waals surface area contributed by atoms with E-state index in [1.54, 1.807) is 12.3 Å². The fourth-order valence-corrected chi connectivity index (χ4v) is 5.26. The van der Waals surface area contributed by atoms with Crippen LogP contribution < -0.4 is 0 Å². The number of ketones is 1. The summed E-state index contributed by atoms with van der Waals surface area (Å²) in [4.78, 5) is 24.9. The van der Waals surface area contributed by atoms with Crippen LogP contribution in [0.4, 0.5) is 0 Å². The molecule has 1 saturated heterocycles. The number of Topliss-reactive ketones (excluding diaryl/α,β-unsaturated/α-hetero) is 1. The Kier molecular flexibility index (Phi) is 6.08. The van der Waals surface area contributed by atoms with Crippen LogP contribution in [-0.2, 0) is 14.8 Å². The number of sulfonamides is 1.